The van der Waals surface area contributed by atoms with E-state index in [1.807, 2.05) is 13.0 Å². The lowest BCUT2D eigenvalue weighted by atomic mass is 10.3. The predicted octanol–water partition coefficient (Wildman–Crippen LogP) is 4.18. The van der Waals surface area contributed by atoms with Crippen LogP contribution in [0.15, 0.2) is 34.9 Å². The fraction of sp³-hybridized carbons (Fsp3) is 0.0833. The van der Waals surface area contributed by atoms with E-state index < -0.39 is 0 Å². The Bertz CT molecular complexity index is 560. The van der Waals surface area contributed by atoms with Crippen molar-refractivity contribution in [3.63, 3.8) is 0 Å². The zero-order valence-electron chi connectivity index (χ0n) is 9.08. The number of nitrogens with zero attached hydrogens (tertiary/aromatic N) is 1. The van der Waals surface area contributed by atoms with Gasteiger partial charge in [-0.2, -0.15) is 0 Å². The number of benzene rings is 1. The second-order valence-electron chi connectivity index (χ2n) is 3.56. The summed E-state index contributed by atoms with van der Waals surface area (Å²) in [6, 6.07) is 6.90. The lowest BCUT2D eigenvalue weighted by Crippen LogP contribution is -1.92. The van der Waals surface area contributed by atoms with Crippen molar-refractivity contribution in [3.05, 3.63) is 45.5 Å². The van der Waals surface area contributed by atoms with E-state index in [-0.39, 0.29) is 0 Å². The van der Waals surface area contributed by atoms with Crippen LogP contribution in [0.1, 0.15) is 5.56 Å². The highest BCUT2D eigenvalue weighted by atomic mass is 79.9. The number of rotatable bonds is 2. The minimum Gasteiger partial charge on any atom is -0.437 e. The number of hydrogen-bond acceptors (Lipinski definition) is 3. The molecule has 1 aromatic carbocycles. The van der Waals surface area contributed by atoms with E-state index >= 15 is 0 Å². The second-order valence-corrected chi connectivity index (χ2v) is 4.83. The Hall–Kier alpha value is -1.26. The molecule has 0 radical (unpaired) electrons. The number of aromatic nitrogens is 1. The molecule has 17 heavy (non-hydrogen) atoms. The maximum absolute atomic E-state index is 6.00. The summed E-state index contributed by atoms with van der Waals surface area (Å²) >= 11 is 9.38. The summed E-state index contributed by atoms with van der Waals surface area (Å²) in [4.78, 5) is 4.14. The number of pyridine rings is 1. The van der Waals surface area contributed by atoms with Crippen molar-refractivity contribution in [1.29, 1.82) is 0 Å². The quantitative estimate of drug-likeness (QED) is 0.846. The lowest BCUT2D eigenvalue weighted by Gasteiger charge is -2.08. The van der Waals surface area contributed by atoms with Crippen molar-refractivity contribution in [2.75, 3.05) is 5.73 Å². The number of nitrogens with two attached hydrogens (primary N) is 1. The van der Waals surface area contributed by atoms with E-state index in [1.165, 1.54) is 0 Å². The maximum atomic E-state index is 6.00. The van der Waals surface area contributed by atoms with Crippen LogP contribution in [0.3, 0.4) is 0 Å². The normalized spacial score (nSPS) is 10.3. The van der Waals surface area contributed by atoms with Crippen LogP contribution in [0.5, 0.6) is 11.6 Å². The van der Waals surface area contributed by atoms with Gasteiger partial charge in [0.05, 0.1) is 5.02 Å². The molecule has 1 aromatic heterocycles. The van der Waals surface area contributed by atoms with E-state index in [2.05, 4.69) is 20.9 Å². The third-order valence-electron chi connectivity index (χ3n) is 2.19. The molecule has 0 saturated carbocycles. The number of hydrogen-bond donors (Lipinski definition) is 1. The molecule has 0 saturated heterocycles. The Morgan fingerprint density at radius 1 is 1.35 bits per heavy atom. The molecule has 0 unspecified atom stereocenters. The van der Waals surface area contributed by atoms with E-state index in [0.29, 0.717) is 22.3 Å². The molecule has 2 aromatic rings. The molecule has 5 heteroatoms. The lowest BCUT2D eigenvalue weighted by molar-refractivity contribution is 0.463. The van der Waals surface area contributed by atoms with E-state index in [1.54, 1.807) is 24.4 Å². The summed E-state index contributed by atoms with van der Waals surface area (Å²) in [6.07, 6.45) is 1.69. The topological polar surface area (TPSA) is 48.1 Å². The Morgan fingerprint density at radius 3 is 2.82 bits per heavy atom. The predicted molar refractivity (Wildman–Crippen MR) is 72.6 cm³/mol. The SMILES string of the molecule is Cc1cc(Oc2cc(N)ccc2Cl)ncc1Br. The largest absolute Gasteiger partial charge is 0.437 e. The summed E-state index contributed by atoms with van der Waals surface area (Å²) in [7, 11) is 0. The fourth-order valence-electron chi connectivity index (χ4n) is 1.28. The highest BCUT2D eigenvalue weighted by Crippen LogP contribution is 2.31. The summed E-state index contributed by atoms with van der Waals surface area (Å²) < 4.78 is 6.52. The Labute approximate surface area is 113 Å². The highest BCUT2D eigenvalue weighted by Gasteiger charge is 2.06. The van der Waals surface area contributed by atoms with Gasteiger partial charge in [-0.05, 0) is 40.5 Å². The molecular formula is C12H10BrClN2O. The molecule has 0 bridgehead atoms. The van der Waals surface area contributed by atoms with Crippen LogP contribution in [0.4, 0.5) is 5.69 Å². The van der Waals surface area contributed by atoms with E-state index in [9.17, 15) is 0 Å². The maximum Gasteiger partial charge on any atom is 0.219 e. The molecule has 2 N–H and O–H groups in total. The van der Waals surface area contributed by atoms with Gasteiger partial charge < -0.3 is 10.5 Å². The first-order chi connectivity index (χ1) is 8.06. The number of anilines is 1. The average Bonchev–Trinajstić information content (AvgIpc) is 2.29. The monoisotopic (exact) mass is 312 g/mol. The van der Waals surface area contributed by atoms with Gasteiger partial charge in [-0.1, -0.05) is 11.6 Å². The number of ether oxygens (including phenoxy) is 1. The van der Waals surface area contributed by atoms with Crippen LogP contribution in [0.2, 0.25) is 5.02 Å². The standard InChI is InChI=1S/C12H10BrClN2O/c1-7-4-12(16-6-9(7)13)17-11-5-8(15)2-3-10(11)14/h2-6H,15H2,1H3. The molecule has 0 spiro atoms. The molecule has 0 atom stereocenters. The van der Waals surface area contributed by atoms with Crippen molar-refractivity contribution >= 4 is 33.2 Å². The first-order valence-electron chi connectivity index (χ1n) is 4.91. The summed E-state index contributed by atoms with van der Waals surface area (Å²) in [5.41, 5.74) is 7.30. The third-order valence-corrected chi connectivity index (χ3v) is 3.33. The molecule has 0 aliphatic rings. The van der Waals surface area contributed by atoms with Crippen molar-refractivity contribution in [3.8, 4) is 11.6 Å². The minimum absolute atomic E-state index is 0.484. The molecule has 0 aliphatic carbocycles. The van der Waals surface area contributed by atoms with Crippen LogP contribution in [-0.2, 0) is 0 Å². The van der Waals surface area contributed by atoms with Gasteiger partial charge >= 0.3 is 0 Å². The fourth-order valence-corrected chi connectivity index (χ4v) is 1.65. The van der Waals surface area contributed by atoms with Gasteiger partial charge in [0.25, 0.3) is 0 Å². The molecule has 2 rings (SSSR count). The number of aryl methyl sites for hydroxylation is 1. The Kier molecular flexibility index (Phi) is 3.54. The molecule has 0 aliphatic heterocycles. The molecule has 0 fully saturated rings. The van der Waals surface area contributed by atoms with Crippen LogP contribution in [0.25, 0.3) is 0 Å². The van der Waals surface area contributed by atoms with Gasteiger partial charge in [0, 0.05) is 28.5 Å². The number of nitrogen functional groups attached to an aromatic ring is 1. The van der Waals surface area contributed by atoms with Gasteiger partial charge in [-0.3, -0.25) is 0 Å². The van der Waals surface area contributed by atoms with Crippen molar-refractivity contribution in [2.45, 2.75) is 6.92 Å². The van der Waals surface area contributed by atoms with Crippen molar-refractivity contribution in [1.82, 2.24) is 4.98 Å². The van der Waals surface area contributed by atoms with Gasteiger partial charge in [0.15, 0.2) is 0 Å². The smallest absolute Gasteiger partial charge is 0.219 e. The van der Waals surface area contributed by atoms with Crippen LogP contribution >= 0.6 is 27.5 Å². The van der Waals surface area contributed by atoms with E-state index in [0.717, 1.165) is 10.0 Å². The minimum atomic E-state index is 0.484. The molecule has 88 valence electrons. The summed E-state index contributed by atoms with van der Waals surface area (Å²) in [5, 5.41) is 0.501. The van der Waals surface area contributed by atoms with Crippen molar-refractivity contribution in [2.24, 2.45) is 0 Å². The van der Waals surface area contributed by atoms with Gasteiger partial charge in [0.1, 0.15) is 5.75 Å². The average molecular weight is 314 g/mol. The molecule has 3 nitrogen and oxygen atoms in total. The zero-order chi connectivity index (χ0) is 12.4. The molecular weight excluding hydrogens is 304 g/mol. The molecule has 0 amide bonds. The number of halogens is 2. The van der Waals surface area contributed by atoms with Gasteiger partial charge in [0.2, 0.25) is 5.88 Å². The first-order valence-corrected chi connectivity index (χ1v) is 6.08. The second kappa shape index (κ2) is 4.94. The van der Waals surface area contributed by atoms with Gasteiger partial charge in [-0.15, -0.1) is 0 Å². The molecule has 1 heterocycles. The summed E-state index contributed by atoms with van der Waals surface area (Å²) in [6.45, 7) is 1.96. The Morgan fingerprint density at radius 2 is 2.12 bits per heavy atom. The van der Waals surface area contributed by atoms with Gasteiger partial charge in [-0.25, -0.2) is 4.98 Å². The Balaban J connectivity index is 2.31. The summed E-state index contributed by atoms with van der Waals surface area (Å²) in [5.74, 6) is 0.985. The van der Waals surface area contributed by atoms with Crippen LogP contribution in [-0.4, -0.2) is 4.98 Å². The van der Waals surface area contributed by atoms with Crippen LogP contribution in [0, 0.1) is 6.92 Å². The van der Waals surface area contributed by atoms with Crippen molar-refractivity contribution < 1.29 is 4.74 Å². The van der Waals surface area contributed by atoms with Crippen LogP contribution < -0.4 is 10.5 Å². The zero-order valence-corrected chi connectivity index (χ0v) is 11.4. The third kappa shape index (κ3) is 2.90. The first kappa shape index (κ1) is 12.2. The highest BCUT2D eigenvalue weighted by molar-refractivity contribution is 9.10. The van der Waals surface area contributed by atoms with E-state index in [4.69, 9.17) is 22.1 Å².